The molecular formula is C16H22O7S. The first-order chi connectivity index (χ1) is 11.2. The van der Waals surface area contributed by atoms with Crippen LogP contribution < -0.4 is 0 Å². The number of ether oxygens (including phenoxy) is 3. The summed E-state index contributed by atoms with van der Waals surface area (Å²) in [5, 5.41) is 9.56. The SMILES string of the molecule is Cc1ccc(S(=O)(=O)OC(CO)[C@@H]2C[C@H]3OC(C)(C)O[C@H]3O2)cc1. The second-order valence-electron chi connectivity index (χ2n) is 6.54. The van der Waals surface area contributed by atoms with Crippen molar-refractivity contribution in [2.45, 2.75) is 62.5 Å². The summed E-state index contributed by atoms with van der Waals surface area (Å²) in [6.07, 6.45) is -2.13. The first kappa shape index (κ1) is 17.8. The number of hydrogen-bond donors (Lipinski definition) is 1. The van der Waals surface area contributed by atoms with Crippen molar-refractivity contribution in [1.82, 2.24) is 0 Å². The van der Waals surface area contributed by atoms with E-state index in [9.17, 15) is 13.5 Å². The highest BCUT2D eigenvalue weighted by molar-refractivity contribution is 7.86. The van der Waals surface area contributed by atoms with E-state index in [1.165, 1.54) is 12.1 Å². The second-order valence-corrected chi connectivity index (χ2v) is 8.11. The van der Waals surface area contributed by atoms with Crippen molar-refractivity contribution < 1.29 is 31.9 Å². The molecule has 1 N–H and O–H groups in total. The van der Waals surface area contributed by atoms with Crippen molar-refractivity contribution >= 4 is 10.1 Å². The van der Waals surface area contributed by atoms with Gasteiger partial charge >= 0.3 is 0 Å². The fourth-order valence-corrected chi connectivity index (χ4v) is 4.00. The van der Waals surface area contributed by atoms with Gasteiger partial charge in [0, 0.05) is 6.42 Å². The fourth-order valence-electron chi connectivity index (χ4n) is 2.91. The van der Waals surface area contributed by atoms with Crippen molar-refractivity contribution in [3.8, 4) is 0 Å². The highest BCUT2D eigenvalue weighted by Gasteiger charge is 2.51. The Labute approximate surface area is 141 Å². The Bertz CT molecular complexity index is 667. The van der Waals surface area contributed by atoms with E-state index in [0.717, 1.165) is 5.56 Å². The molecule has 2 fully saturated rings. The van der Waals surface area contributed by atoms with Crippen LogP contribution in [0, 0.1) is 6.92 Å². The van der Waals surface area contributed by atoms with Gasteiger partial charge in [-0.25, -0.2) is 0 Å². The quantitative estimate of drug-likeness (QED) is 0.794. The van der Waals surface area contributed by atoms with E-state index in [-0.39, 0.29) is 11.0 Å². The summed E-state index contributed by atoms with van der Waals surface area (Å²) in [5.74, 6) is -0.732. The fraction of sp³-hybridized carbons (Fsp3) is 0.625. The van der Waals surface area contributed by atoms with Crippen LogP contribution in [-0.4, -0.2) is 50.5 Å². The molecular weight excluding hydrogens is 336 g/mol. The van der Waals surface area contributed by atoms with Crippen LogP contribution in [-0.2, 0) is 28.5 Å². The number of rotatable bonds is 5. The number of benzene rings is 1. The Morgan fingerprint density at radius 3 is 2.54 bits per heavy atom. The zero-order chi connectivity index (χ0) is 17.5. The van der Waals surface area contributed by atoms with Gasteiger partial charge in [-0.15, -0.1) is 0 Å². The minimum atomic E-state index is -3.99. The van der Waals surface area contributed by atoms with Crippen molar-refractivity contribution in [3.05, 3.63) is 29.8 Å². The van der Waals surface area contributed by atoms with E-state index in [1.54, 1.807) is 26.0 Å². The molecule has 0 amide bonds. The molecule has 8 heteroatoms. The zero-order valence-corrected chi connectivity index (χ0v) is 14.7. The molecule has 2 aliphatic rings. The van der Waals surface area contributed by atoms with Gasteiger partial charge in [-0.1, -0.05) is 17.7 Å². The Morgan fingerprint density at radius 2 is 1.96 bits per heavy atom. The largest absolute Gasteiger partial charge is 0.394 e. The molecule has 0 spiro atoms. The lowest BCUT2D eigenvalue weighted by atomic mass is 10.1. The third-order valence-electron chi connectivity index (χ3n) is 4.07. The lowest BCUT2D eigenvalue weighted by Gasteiger charge is -2.24. The van der Waals surface area contributed by atoms with Gasteiger partial charge in [0.05, 0.1) is 17.6 Å². The first-order valence-corrected chi connectivity index (χ1v) is 9.23. The highest BCUT2D eigenvalue weighted by Crippen LogP contribution is 2.38. The number of aliphatic hydroxyl groups is 1. The summed E-state index contributed by atoms with van der Waals surface area (Å²) < 4.78 is 46.9. The topological polar surface area (TPSA) is 91.3 Å². The standard InChI is InChI=1S/C16H22O7S/c1-10-4-6-11(7-5-10)24(18,19)23-14(9-17)12-8-13-15(20-12)22-16(2,3)21-13/h4-7,12-15,17H,8-9H2,1-3H3/t12-,13+,14?,15+/m0/s1. The second kappa shape index (κ2) is 6.36. The average Bonchev–Trinajstić information content (AvgIpc) is 2.98. The van der Waals surface area contributed by atoms with Crippen LogP contribution in [0.25, 0.3) is 0 Å². The molecule has 2 aliphatic heterocycles. The normalized spacial score (nSPS) is 30.2. The Kier molecular flexibility index (Phi) is 4.71. The molecule has 134 valence electrons. The number of aliphatic hydroxyl groups excluding tert-OH is 1. The van der Waals surface area contributed by atoms with Crippen LogP contribution in [0.5, 0.6) is 0 Å². The summed E-state index contributed by atoms with van der Waals surface area (Å²) in [6.45, 7) is 4.94. The minimum absolute atomic E-state index is 0.0402. The van der Waals surface area contributed by atoms with Crippen LogP contribution in [0.1, 0.15) is 25.8 Å². The van der Waals surface area contributed by atoms with Crippen LogP contribution in [0.2, 0.25) is 0 Å². The third-order valence-corrected chi connectivity index (χ3v) is 5.42. The maximum Gasteiger partial charge on any atom is 0.297 e. The molecule has 1 aromatic carbocycles. The van der Waals surface area contributed by atoms with E-state index in [2.05, 4.69) is 0 Å². The number of fused-ring (bicyclic) bond motifs is 1. The smallest absolute Gasteiger partial charge is 0.297 e. The molecule has 0 aromatic heterocycles. The zero-order valence-electron chi connectivity index (χ0n) is 13.8. The van der Waals surface area contributed by atoms with Crippen molar-refractivity contribution in [2.75, 3.05) is 6.61 Å². The molecule has 24 heavy (non-hydrogen) atoms. The monoisotopic (exact) mass is 358 g/mol. The summed E-state index contributed by atoms with van der Waals surface area (Å²) in [7, 11) is -3.99. The molecule has 2 saturated heterocycles. The summed E-state index contributed by atoms with van der Waals surface area (Å²) in [6, 6.07) is 6.31. The minimum Gasteiger partial charge on any atom is -0.394 e. The van der Waals surface area contributed by atoms with Crippen LogP contribution in [0.3, 0.4) is 0 Å². The van der Waals surface area contributed by atoms with Gasteiger partial charge in [-0.3, -0.25) is 4.18 Å². The molecule has 0 aliphatic carbocycles. The van der Waals surface area contributed by atoms with Gasteiger partial charge in [0.1, 0.15) is 12.2 Å². The molecule has 4 atom stereocenters. The van der Waals surface area contributed by atoms with E-state index in [4.69, 9.17) is 18.4 Å². The average molecular weight is 358 g/mol. The van der Waals surface area contributed by atoms with Gasteiger partial charge in [0.25, 0.3) is 10.1 Å². The van der Waals surface area contributed by atoms with Gasteiger partial charge in [-0.05, 0) is 32.9 Å². The van der Waals surface area contributed by atoms with E-state index < -0.39 is 41.0 Å². The molecule has 0 bridgehead atoms. The van der Waals surface area contributed by atoms with Gasteiger partial charge in [0.2, 0.25) is 0 Å². The van der Waals surface area contributed by atoms with Gasteiger partial charge in [-0.2, -0.15) is 8.42 Å². The van der Waals surface area contributed by atoms with Crippen LogP contribution >= 0.6 is 0 Å². The van der Waals surface area contributed by atoms with Crippen molar-refractivity contribution in [3.63, 3.8) is 0 Å². The van der Waals surface area contributed by atoms with E-state index in [0.29, 0.717) is 6.42 Å². The maximum atomic E-state index is 12.4. The summed E-state index contributed by atoms with van der Waals surface area (Å²) in [5.41, 5.74) is 0.941. The summed E-state index contributed by atoms with van der Waals surface area (Å²) >= 11 is 0. The predicted octanol–water partition coefficient (Wildman–Crippen LogP) is 1.33. The van der Waals surface area contributed by atoms with Crippen molar-refractivity contribution in [1.29, 1.82) is 0 Å². The maximum absolute atomic E-state index is 12.4. The third kappa shape index (κ3) is 3.63. The molecule has 3 rings (SSSR count). The predicted molar refractivity (Wildman–Crippen MR) is 83.6 cm³/mol. The molecule has 0 radical (unpaired) electrons. The Morgan fingerprint density at radius 1 is 1.29 bits per heavy atom. The molecule has 1 aromatic rings. The molecule has 7 nitrogen and oxygen atoms in total. The van der Waals surface area contributed by atoms with E-state index >= 15 is 0 Å². The molecule has 2 heterocycles. The van der Waals surface area contributed by atoms with E-state index in [1.807, 2.05) is 6.92 Å². The lowest BCUT2D eigenvalue weighted by Crippen LogP contribution is -2.36. The summed E-state index contributed by atoms with van der Waals surface area (Å²) in [4.78, 5) is 0.0402. The van der Waals surface area contributed by atoms with Crippen LogP contribution in [0.15, 0.2) is 29.2 Å². The van der Waals surface area contributed by atoms with Crippen molar-refractivity contribution in [2.24, 2.45) is 0 Å². The van der Waals surface area contributed by atoms with Gasteiger partial charge < -0.3 is 19.3 Å². The first-order valence-electron chi connectivity index (χ1n) is 7.82. The number of aryl methyl sites for hydroxylation is 1. The molecule has 1 unspecified atom stereocenters. The highest BCUT2D eigenvalue weighted by atomic mass is 32.2. The van der Waals surface area contributed by atoms with Gasteiger partial charge in [0.15, 0.2) is 12.1 Å². The molecule has 0 saturated carbocycles. The van der Waals surface area contributed by atoms with Crippen LogP contribution in [0.4, 0.5) is 0 Å². The Balaban J connectivity index is 1.69. The Hall–Kier alpha value is -1.03. The lowest BCUT2D eigenvalue weighted by molar-refractivity contribution is -0.213. The number of hydrogen-bond acceptors (Lipinski definition) is 7.